The van der Waals surface area contributed by atoms with E-state index in [9.17, 15) is 15.0 Å². The van der Waals surface area contributed by atoms with Crippen LogP contribution in [0.3, 0.4) is 0 Å². The molecule has 0 aromatic rings. The number of aliphatic hydroxyl groups excluding tert-OH is 3. The van der Waals surface area contributed by atoms with Crippen LogP contribution >= 0.6 is 12.4 Å². The fourth-order valence-electron chi connectivity index (χ4n) is 1.57. The Kier molecular flexibility index (Phi) is 6.07. The number of aliphatic hydroxyl groups is 3. The first-order valence-electron chi connectivity index (χ1n) is 4.53. The summed E-state index contributed by atoms with van der Waals surface area (Å²) < 4.78 is 0. The van der Waals surface area contributed by atoms with Gasteiger partial charge in [-0.1, -0.05) is 0 Å². The molecule has 5 N–H and O–H groups in total. The van der Waals surface area contributed by atoms with Crippen LogP contribution in [0.25, 0.3) is 0 Å². The summed E-state index contributed by atoms with van der Waals surface area (Å²) in [6.07, 6.45) is -2.11. The van der Waals surface area contributed by atoms with Gasteiger partial charge in [0, 0.05) is 13.5 Å². The van der Waals surface area contributed by atoms with E-state index >= 15 is 0 Å². The Bertz CT molecular complexity index is 217. The average molecular weight is 241 g/mol. The lowest BCUT2D eigenvalue weighted by Crippen LogP contribution is -2.65. The highest BCUT2D eigenvalue weighted by Gasteiger charge is 2.36. The molecule has 7 heteroatoms. The molecule has 4 atom stereocenters. The third kappa shape index (κ3) is 3.58. The lowest BCUT2D eigenvalue weighted by atomic mass is 9.94. The molecular formula is C8H17ClN2O4. The number of nitrogens with one attached hydrogen (secondary N) is 2. The molecule has 15 heavy (non-hydrogen) atoms. The third-order valence-corrected chi connectivity index (χ3v) is 2.36. The van der Waals surface area contributed by atoms with Crippen LogP contribution in [0, 0.1) is 0 Å². The van der Waals surface area contributed by atoms with Crippen LogP contribution in [0.5, 0.6) is 0 Å². The molecule has 6 nitrogen and oxygen atoms in total. The zero-order valence-corrected chi connectivity index (χ0v) is 9.20. The van der Waals surface area contributed by atoms with Gasteiger partial charge in [0.15, 0.2) is 0 Å². The van der Waals surface area contributed by atoms with Crippen LogP contribution in [0.2, 0.25) is 0 Å². The highest BCUT2D eigenvalue weighted by atomic mass is 35.5. The largest absolute Gasteiger partial charge is 0.395 e. The molecule has 0 aromatic carbocycles. The van der Waals surface area contributed by atoms with E-state index in [2.05, 4.69) is 10.6 Å². The Balaban J connectivity index is 0.00000196. The smallest absolute Gasteiger partial charge is 0.217 e. The minimum absolute atomic E-state index is 0. The van der Waals surface area contributed by atoms with Gasteiger partial charge in [-0.05, 0) is 0 Å². The van der Waals surface area contributed by atoms with Gasteiger partial charge in [0.1, 0.15) is 6.10 Å². The molecule has 0 radical (unpaired) electrons. The molecule has 1 aliphatic heterocycles. The van der Waals surface area contributed by atoms with E-state index in [4.69, 9.17) is 5.11 Å². The highest BCUT2D eigenvalue weighted by molar-refractivity contribution is 5.85. The maximum absolute atomic E-state index is 10.7. The molecule has 1 saturated heterocycles. The van der Waals surface area contributed by atoms with Crippen molar-refractivity contribution in [2.45, 2.75) is 31.2 Å². The summed E-state index contributed by atoms with van der Waals surface area (Å²) in [5.74, 6) is -0.259. The number of hydrogen-bond donors (Lipinski definition) is 5. The van der Waals surface area contributed by atoms with E-state index in [0.717, 1.165) is 0 Å². The van der Waals surface area contributed by atoms with Crippen molar-refractivity contribution in [1.82, 2.24) is 10.6 Å². The van der Waals surface area contributed by atoms with Crippen LogP contribution in [0.15, 0.2) is 0 Å². The lowest BCUT2D eigenvalue weighted by molar-refractivity contribution is -0.122. The summed E-state index contributed by atoms with van der Waals surface area (Å²) >= 11 is 0. The number of rotatable bonds is 2. The van der Waals surface area contributed by atoms with Crippen molar-refractivity contribution in [3.8, 4) is 0 Å². The van der Waals surface area contributed by atoms with Gasteiger partial charge in [-0.25, -0.2) is 0 Å². The summed E-state index contributed by atoms with van der Waals surface area (Å²) in [5, 5.41) is 33.2. The summed E-state index contributed by atoms with van der Waals surface area (Å²) in [7, 11) is 0. The number of piperidine rings is 1. The van der Waals surface area contributed by atoms with Gasteiger partial charge < -0.3 is 26.0 Å². The van der Waals surface area contributed by atoms with E-state index in [1.807, 2.05) is 0 Å². The lowest BCUT2D eigenvalue weighted by Gasteiger charge is -2.37. The summed E-state index contributed by atoms with van der Waals surface area (Å²) in [6.45, 7) is 1.44. The molecular weight excluding hydrogens is 224 g/mol. The maximum atomic E-state index is 10.7. The minimum atomic E-state index is -1.06. The van der Waals surface area contributed by atoms with Gasteiger partial charge >= 0.3 is 0 Å². The van der Waals surface area contributed by atoms with Crippen LogP contribution in [0.4, 0.5) is 0 Å². The number of carbonyl (C=O) groups excluding carboxylic acids is 1. The number of hydrogen-bond acceptors (Lipinski definition) is 5. The normalized spacial score (nSPS) is 35.5. The molecule has 0 aliphatic carbocycles. The molecule has 1 amide bonds. The van der Waals surface area contributed by atoms with Gasteiger partial charge in [-0.15, -0.1) is 12.4 Å². The molecule has 1 heterocycles. The topological polar surface area (TPSA) is 102 Å². The van der Waals surface area contributed by atoms with Crippen LogP contribution in [0.1, 0.15) is 6.92 Å². The van der Waals surface area contributed by atoms with Gasteiger partial charge in [-0.3, -0.25) is 4.79 Å². The second-order valence-electron chi connectivity index (χ2n) is 3.49. The average Bonchev–Trinajstić information content (AvgIpc) is 2.13. The molecule has 0 spiro atoms. The van der Waals surface area contributed by atoms with Crippen molar-refractivity contribution in [3.05, 3.63) is 0 Å². The van der Waals surface area contributed by atoms with Crippen LogP contribution < -0.4 is 10.6 Å². The van der Waals surface area contributed by atoms with Gasteiger partial charge in [0.2, 0.25) is 5.91 Å². The monoisotopic (exact) mass is 240 g/mol. The maximum Gasteiger partial charge on any atom is 0.217 e. The first-order chi connectivity index (χ1) is 6.56. The first-order valence-corrected chi connectivity index (χ1v) is 4.53. The van der Waals surface area contributed by atoms with Crippen molar-refractivity contribution in [2.75, 3.05) is 13.2 Å². The Morgan fingerprint density at radius 3 is 2.53 bits per heavy atom. The number of amides is 1. The van der Waals surface area contributed by atoms with E-state index in [1.54, 1.807) is 0 Å². The molecule has 4 unspecified atom stereocenters. The third-order valence-electron chi connectivity index (χ3n) is 2.36. The Hall–Kier alpha value is -0.400. The molecule has 1 aliphatic rings. The number of halogens is 1. The highest BCUT2D eigenvalue weighted by Crippen LogP contribution is 2.10. The van der Waals surface area contributed by atoms with Crippen molar-refractivity contribution >= 4 is 18.3 Å². The van der Waals surface area contributed by atoms with Crippen molar-refractivity contribution < 1.29 is 20.1 Å². The van der Waals surface area contributed by atoms with Crippen molar-refractivity contribution in [2.24, 2.45) is 0 Å². The van der Waals surface area contributed by atoms with E-state index in [1.165, 1.54) is 6.92 Å². The summed E-state index contributed by atoms with van der Waals surface area (Å²) in [6, 6.07) is -1.04. The predicted octanol–water partition coefficient (Wildman–Crippen LogP) is -2.40. The Labute approximate surface area is 94.1 Å². The van der Waals surface area contributed by atoms with Crippen molar-refractivity contribution in [1.29, 1.82) is 0 Å². The van der Waals surface area contributed by atoms with E-state index in [0.29, 0.717) is 6.54 Å². The molecule has 1 rings (SSSR count). The second kappa shape index (κ2) is 6.24. The quantitative estimate of drug-likeness (QED) is 0.370. The standard InChI is InChI=1S/C8H16N2O4.ClH/c1-4(12)10-5-2-9-6(3-11)8(14)7(5)13;/h5-9,11,13-14H,2-3H2,1H3,(H,10,12);1H. The van der Waals surface area contributed by atoms with Gasteiger partial charge in [-0.2, -0.15) is 0 Å². The zero-order valence-electron chi connectivity index (χ0n) is 8.38. The van der Waals surface area contributed by atoms with Gasteiger partial charge in [0.25, 0.3) is 0 Å². The van der Waals surface area contributed by atoms with Crippen LogP contribution in [-0.4, -0.2) is 58.7 Å². The zero-order chi connectivity index (χ0) is 10.7. The Morgan fingerprint density at radius 1 is 1.47 bits per heavy atom. The minimum Gasteiger partial charge on any atom is -0.395 e. The van der Waals surface area contributed by atoms with Crippen molar-refractivity contribution in [3.63, 3.8) is 0 Å². The summed E-state index contributed by atoms with van der Waals surface area (Å²) in [5.41, 5.74) is 0. The molecule has 0 saturated carbocycles. The molecule has 0 bridgehead atoms. The fourth-order valence-corrected chi connectivity index (χ4v) is 1.57. The SMILES string of the molecule is CC(=O)NC1CNC(CO)C(O)C1O.Cl. The summed E-state index contributed by atoms with van der Waals surface area (Å²) in [4.78, 5) is 10.7. The van der Waals surface area contributed by atoms with E-state index in [-0.39, 0.29) is 24.9 Å². The fraction of sp³-hybridized carbons (Fsp3) is 0.875. The van der Waals surface area contributed by atoms with Gasteiger partial charge in [0.05, 0.1) is 24.8 Å². The molecule has 0 aromatic heterocycles. The first kappa shape index (κ1) is 14.6. The second-order valence-corrected chi connectivity index (χ2v) is 3.49. The molecule has 1 fully saturated rings. The molecule has 90 valence electrons. The predicted molar refractivity (Wildman–Crippen MR) is 55.7 cm³/mol. The Morgan fingerprint density at radius 2 is 2.07 bits per heavy atom. The van der Waals surface area contributed by atoms with Crippen LogP contribution in [-0.2, 0) is 4.79 Å². The van der Waals surface area contributed by atoms with E-state index < -0.39 is 24.3 Å². The number of carbonyl (C=O) groups is 1.